The highest BCUT2D eigenvalue weighted by Gasteiger charge is 2.67. The summed E-state index contributed by atoms with van der Waals surface area (Å²) in [7, 11) is 0. The highest BCUT2D eigenvalue weighted by molar-refractivity contribution is 9.09. The van der Waals surface area contributed by atoms with Crippen LogP contribution in [-0.2, 0) is 18.7 Å². The van der Waals surface area contributed by atoms with Crippen LogP contribution in [0.15, 0.2) is 72.8 Å². The molecule has 4 aliphatic rings. The topological polar surface area (TPSA) is 66.5 Å². The number of amides is 3. The molecule has 1 aliphatic heterocycles. The summed E-state index contributed by atoms with van der Waals surface area (Å²) in [6.07, 6.45) is 0. The van der Waals surface area contributed by atoms with Gasteiger partial charge in [-0.1, -0.05) is 76.6 Å². The third-order valence-corrected chi connectivity index (χ3v) is 8.56. The smallest absolute Gasteiger partial charge is 0.244 e. The Balaban J connectivity index is 1.39. The summed E-state index contributed by atoms with van der Waals surface area (Å²) in [4.78, 5) is 41.3. The number of anilines is 1. The maximum Gasteiger partial charge on any atom is 0.244 e. The van der Waals surface area contributed by atoms with Crippen LogP contribution >= 0.6 is 15.9 Å². The van der Waals surface area contributed by atoms with Crippen LogP contribution in [0.5, 0.6) is 0 Å². The minimum atomic E-state index is -0.798. The zero-order chi connectivity index (χ0) is 22.9. The number of likely N-dealkylation sites (tertiary alicyclic amines) is 1. The fourth-order valence-electron chi connectivity index (χ4n) is 5.96. The number of benzene rings is 3. The van der Waals surface area contributed by atoms with Crippen molar-refractivity contribution in [2.24, 2.45) is 11.8 Å². The zero-order valence-electron chi connectivity index (χ0n) is 17.9. The lowest BCUT2D eigenvalue weighted by Gasteiger charge is -2.51. The Morgan fingerprint density at radius 1 is 0.939 bits per heavy atom. The van der Waals surface area contributed by atoms with Crippen molar-refractivity contribution >= 4 is 39.3 Å². The minimum Gasteiger partial charge on any atom is -0.325 e. The maximum absolute atomic E-state index is 13.7. The molecule has 2 atom stereocenters. The summed E-state index contributed by atoms with van der Waals surface area (Å²) in [5.41, 5.74) is 5.86. The lowest BCUT2D eigenvalue weighted by atomic mass is 9.55. The molecule has 6 heteroatoms. The number of carbonyl (C=O) groups excluding carboxylic acids is 3. The van der Waals surface area contributed by atoms with Crippen LogP contribution in [0, 0.1) is 18.8 Å². The van der Waals surface area contributed by atoms with Crippen molar-refractivity contribution in [3.63, 3.8) is 0 Å². The van der Waals surface area contributed by atoms with Crippen LogP contribution in [0.2, 0.25) is 0 Å². The van der Waals surface area contributed by atoms with E-state index in [9.17, 15) is 14.4 Å². The molecular formula is C27H21BrN2O3. The number of alkyl halides is 1. The van der Waals surface area contributed by atoms with Crippen LogP contribution in [0.1, 0.15) is 33.7 Å². The molecule has 0 aromatic heterocycles. The number of carbonyl (C=O) groups is 3. The molecule has 2 bridgehead atoms. The Labute approximate surface area is 199 Å². The second-order valence-electron chi connectivity index (χ2n) is 9.05. The SMILES string of the molecule is Cc1cccc(NC(=O)CN2C(=O)[C@@H]3C4c5ccccc5C(Br)(c5ccccc54)[C@H]3C2=O)c1. The van der Waals surface area contributed by atoms with Gasteiger partial charge >= 0.3 is 0 Å². The van der Waals surface area contributed by atoms with Crippen LogP contribution < -0.4 is 5.32 Å². The monoisotopic (exact) mass is 500 g/mol. The molecule has 3 aromatic rings. The Hall–Kier alpha value is -3.25. The van der Waals surface area contributed by atoms with Gasteiger partial charge < -0.3 is 5.32 Å². The maximum atomic E-state index is 13.7. The van der Waals surface area contributed by atoms with E-state index in [4.69, 9.17) is 0 Å². The lowest BCUT2D eigenvalue weighted by Crippen LogP contribution is -2.50. The molecule has 1 saturated heterocycles. The van der Waals surface area contributed by atoms with Crippen molar-refractivity contribution < 1.29 is 14.4 Å². The largest absolute Gasteiger partial charge is 0.325 e. The van der Waals surface area contributed by atoms with Gasteiger partial charge in [0.15, 0.2) is 0 Å². The first-order valence-electron chi connectivity index (χ1n) is 11.0. The van der Waals surface area contributed by atoms with Gasteiger partial charge in [0.05, 0.1) is 16.2 Å². The van der Waals surface area contributed by atoms with Gasteiger partial charge in [-0.3, -0.25) is 19.3 Å². The molecule has 0 saturated carbocycles. The van der Waals surface area contributed by atoms with Gasteiger partial charge in [-0.05, 0) is 46.9 Å². The van der Waals surface area contributed by atoms with Gasteiger partial charge in [-0.15, -0.1) is 0 Å². The second kappa shape index (κ2) is 7.12. The van der Waals surface area contributed by atoms with Gasteiger partial charge in [0, 0.05) is 11.6 Å². The number of rotatable bonds is 3. The van der Waals surface area contributed by atoms with Gasteiger partial charge in [-0.2, -0.15) is 0 Å². The summed E-state index contributed by atoms with van der Waals surface area (Å²) in [6.45, 7) is 1.65. The van der Waals surface area contributed by atoms with E-state index in [0.717, 1.165) is 32.7 Å². The fraction of sp³-hybridized carbons (Fsp3) is 0.222. The van der Waals surface area contributed by atoms with Gasteiger partial charge in [0.2, 0.25) is 17.7 Å². The Morgan fingerprint density at radius 3 is 2.21 bits per heavy atom. The predicted molar refractivity (Wildman–Crippen MR) is 128 cm³/mol. The van der Waals surface area contributed by atoms with E-state index in [1.54, 1.807) is 6.07 Å². The Morgan fingerprint density at radius 2 is 1.58 bits per heavy atom. The van der Waals surface area contributed by atoms with Crippen LogP contribution in [-0.4, -0.2) is 29.2 Å². The number of aryl methyl sites for hydroxylation is 1. The lowest BCUT2D eigenvalue weighted by molar-refractivity contribution is -0.142. The van der Waals surface area contributed by atoms with E-state index in [0.29, 0.717) is 5.69 Å². The highest BCUT2D eigenvalue weighted by atomic mass is 79.9. The van der Waals surface area contributed by atoms with Crippen molar-refractivity contribution in [1.29, 1.82) is 0 Å². The number of nitrogens with zero attached hydrogens (tertiary/aromatic N) is 1. The molecule has 3 aromatic carbocycles. The fourth-order valence-corrected chi connectivity index (χ4v) is 7.16. The third-order valence-electron chi connectivity index (χ3n) is 7.21. The highest BCUT2D eigenvalue weighted by Crippen LogP contribution is 2.66. The number of hydrogen-bond acceptors (Lipinski definition) is 3. The number of hydrogen-bond donors (Lipinski definition) is 1. The van der Waals surface area contributed by atoms with E-state index in [1.807, 2.05) is 73.7 Å². The average Bonchev–Trinajstić information content (AvgIpc) is 3.06. The van der Waals surface area contributed by atoms with Crippen LogP contribution in [0.4, 0.5) is 5.69 Å². The zero-order valence-corrected chi connectivity index (χ0v) is 19.5. The molecule has 3 amide bonds. The third kappa shape index (κ3) is 2.73. The van der Waals surface area contributed by atoms with E-state index < -0.39 is 16.2 Å². The number of imide groups is 1. The molecule has 7 rings (SSSR count). The van der Waals surface area contributed by atoms with Crippen molar-refractivity contribution in [2.45, 2.75) is 17.2 Å². The molecule has 3 aliphatic carbocycles. The van der Waals surface area contributed by atoms with Gasteiger partial charge in [-0.25, -0.2) is 0 Å². The predicted octanol–water partition coefficient (Wildman–Crippen LogP) is 4.33. The molecule has 33 heavy (non-hydrogen) atoms. The molecule has 1 N–H and O–H groups in total. The minimum absolute atomic E-state index is 0.205. The first-order chi connectivity index (χ1) is 15.9. The molecule has 5 nitrogen and oxygen atoms in total. The number of halogens is 1. The van der Waals surface area contributed by atoms with Crippen molar-refractivity contribution in [2.75, 3.05) is 11.9 Å². The van der Waals surface area contributed by atoms with Crippen molar-refractivity contribution in [1.82, 2.24) is 4.90 Å². The summed E-state index contributed by atoms with van der Waals surface area (Å²) in [6, 6.07) is 23.5. The second-order valence-corrected chi connectivity index (χ2v) is 10.3. The molecular weight excluding hydrogens is 480 g/mol. The van der Waals surface area contributed by atoms with E-state index >= 15 is 0 Å². The standard InChI is InChI=1S/C27H21BrN2O3/c1-15-7-6-8-16(13-15)29-21(31)14-30-25(32)23-22-17-9-2-4-11-19(17)27(28,24(23)26(30)33)20-12-5-3-10-18(20)22/h2-13,22-24H,14H2,1H3,(H,29,31)/t22?,23-,24-,27?/m1/s1. The van der Waals surface area contributed by atoms with E-state index in [2.05, 4.69) is 21.2 Å². The Kier molecular flexibility index (Phi) is 4.40. The van der Waals surface area contributed by atoms with Crippen LogP contribution in [0.25, 0.3) is 0 Å². The first kappa shape index (κ1) is 20.4. The summed E-state index contributed by atoms with van der Waals surface area (Å²) < 4.78 is -0.798. The Bertz CT molecular complexity index is 1300. The molecule has 1 fully saturated rings. The van der Waals surface area contributed by atoms with E-state index in [1.165, 1.54) is 0 Å². The van der Waals surface area contributed by atoms with Gasteiger partial charge in [0.25, 0.3) is 0 Å². The average molecular weight is 501 g/mol. The van der Waals surface area contributed by atoms with E-state index in [-0.39, 0.29) is 30.2 Å². The van der Waals surface area contributed by atoms with Crippen LogP contribution in [0.3, 0.4) is 0 Å². The molecule has 164 valence electrons. The molecule has 0 spiro atoms. The van der Waals surface area contributed by atoms with Crippen molar-refractivity contribution in [3.05, 3.63) is 101 Å². The summed E-state index contributed by atoms with van der Waals surface area (Å²) in [5, 5.41) is 2.82. The molecule has 0 unspecified atom stereocenters. The number of nitrogens with one attached hydrogen (secondary N) is 1. The first-order valence-corrected chi connectivity index (χ1v) is 11.8. The normalized spacial score (nSPS) is 26.6. The summed E-state index contributed by atoms with van der Waals surface area (Å²) >= 11 is 3.96. The summed E-state index contributed by atoms with van der Waals surface area (Å²) in [5.74, 6) is -2.28. The molecule has 0 radical (unpaired) electrons. The quantitative estimate of drug-likeness (QED) is 0.429. The van der Waals surface area contributed by atoms with Crippen molar-refractivity contribution in [3.8, 4) is 0 Å². The van der Waals surface area contributed by atoms with Gasteiger partial charge in [0.1, 0.15) is 6.54 Å². The molecule has 1 heterocycles.